The fourth-order valence-corrected chi connectivity index (χ4v) is 2.61. The summed E-state index contributed by atoms with van der Waals surface area (Å²) in [5, 5.41) is 16.7. The van der Waals surface area contributed by atoms with Crippen LogP contribution in [-0.4, -0.2) is 44.0 Å². The fourth-order valence-electron chi connectivity index (χ4n) is 2.61. The zero-order valence-corrected chi connectivity index (χ0v) is 14.7. The smallest absolute Gasteiger partial charge is 0.219 e. The molecule has 0 saturated heterocycles. The van der Waals surface area contributed by atoms with Crippen molar-refractivity contribution < 1.29 is 9.90 Å². The van der Waals surface area contributed by atoms with Crippen molar-refractivity contribution in [2.75, 3.05) is 13.1 Å². The lowest BCUT2D eigenvalue weighted by molar-refractivity contribution is -0.129. The normalized spacial score (nSPS) is 10.9. The Balaban J connectivity index is 2.07. The maximum atomic E-state index is 11.6. The Morgan fingerprint density at radius 2 is 1.78 bits per heavy atom. The molecule has 0 spiro atoms. The summed E-state index contributed by atoms with van der Waals surface area (Å²) in [5.74, 6) is 0.195. The number of aryl methyl sites for hydroxylation is 1. The van der Waals surface area contributed by atoms with Gasteiger partial charge in [0.25, 0.3) is 0 Å². The van der Waals surface area contributed by atoms with E-state index >= 15 is 0 Å². The van der Waals surface area contributed by atoms with Crippen molar-refractivity contribution >= 4 is 5.91 Å². The number of carbonyl (C=O) groups excluding carboxylic acids is 1. The van der Waals surface area contributed by atoms with Crippen LogP contribution in [0.4, 0.5) is 0 Å². The summed E-state index contributed by atoms with van der Waals surface area (Å²) in [6, 6.07) is 0. The highest BCUT2D eigenvalue weighted by atomic mass is 16.3. The Morgan fingerprint density at radius 3 is 2.35 bits per heavy atom. The number of amides is 1. The summed E-state index contributed by atoms with van der Waals surface area (Å²) in [4.78, 5) is 13.6. The molecule has 0 bridgehead atoms. The Bertz CT molecular complexity index is 434. The first-order chi connectivity index (χ1) is 11.2. The average Bonchev–Trinajstić information content (AvgIpc) is 3.00. The van der Waals surface area contributed by atoms with Crippen LogP contribution < -0.4 is 0 Å². The van der Waals surface area contributed by atoms with Crippen LogP contribution in [-0.2, 0) is 17.9 Å². The molecule has 0 aliphatic rings. The van der Waals surface area contributed by atoms with Crippen LogP contribution in [0.2, 0.25) is 0 Å². The number of carbonyl (C=O) groups is 1. The van der Waals surface area contributed by atoms with E-state index < -0.39 is 0 Å². The van der Waals surface area contributed by atoms with E-state index in [9.17, 15) is 4.79 Å². The molecule has 23 heavy (non-hydrogen) atoms. The zero-order chi connectivity index (χ0) is 16.9. The molecule has 0 aromatic carbocycles. The molecular formula is C17H32N4O2. The van der Waals surface area contributed by atoms with Gasteiger partial charge in [-0.15, -0.1) is 5.10 Å². The van der Waals surface area contributed by atoms with E-state index in [2.05, 4.69) is 17.2 Å². The Kier molecular flexibility index (Phi) is 10.3. The molecule has 0 aliphatic heterocycles. The number of aromatic nitrogens is 3. The molecular weight excluding hydrogens is 292 g/mol. The van der Waals surface area contributed by atoms with Crippen LogP contribution in [0.3, 0.4) is 0 Å². The molecule has 0 unspecified atom stereocenters. The van der Waals surface area contributed by atoms with Gasteiger partial charge >= 0.3 is 0 Å². The molecule has 132 valence electrons. The molecule has 6 nitrogen and oxygen atoms in total. The van der Waals surface area contributed by atoms with Gasteiger partial charge < -0.3 is 10.0 Å². The van der Waals surface area contributed by atoms with Crippen LogP contribution >= 0.6 is 0 Å². The molecule has 1 aromatic rings. The third-order valence-corrected chi connectivity index (χ3v) is 4.04. The van der Waals surface area contributed by atoms with Crippen LogP contribution in [0.25, 0.3) is 0 Å². The largest absolute Gasteiger partial charge is 0.390 e. The van der Waals surface area contributed by atoms with Crippen LogP contribution in [0.1, 0.15) is 70.9 Å². The quantitative estimate of drug-likeness (QED) is 0.566. The van der Waals surface area contributed by atoms with Gasteiger partial charge in [0.15, 0.2) is 0 Å². The van der Waals surface area contributed by atoms with E-state index in [1.807, 2.05) is 4.90 Å². The number of nitrogens with zero attached hydrogens (tertiary/aromatic N) is 4. The van der Waals surface area contributed by atoms with Crippen LogP contribution in [0.15, 0.2) is 6.20 Å². The van der Waals surface area contributed by atoms with E-state index in [-0.39, 0.29) is 12.5 Å². The lowest BCUT2D eigenvalue weighted by Gasteiger charge is -2.21. The van der Waals surface area contributed by atoms with Crippen molar-refractivity contribution in [3.8, 4) is 0 Å². The van der Waals surface area contributed by atoms with Gasteiger partial charge in [0.2, 0.25) is 5.91 Å². The minimum Gasteiger partial charge on any atom is -0.390 e. The van der Waals surface area contributed by atoms with Gasteiger partial charge in [-0.25, -0.2) is 0 Å². The zero-order valence-electron chi connectivity index (χ0n) is 14.7. The number of aliphatic hydroxyl groups is 1. The number of hydrogen-bond donors (Lipinski definition) is 1. The number of hydrogen-bond acceptors (Lipinski definition) is 4. The highest BCUT2D eigenvalue weighted by molar-refractivity contribution is 5.73. The Hall–Kier alpha value is -1.43. The fraction of sp³-hybridized carbons (Fsp3) is 0.824. The third kappa shape index (κ3) is 8.69. The van der Waals surface area contributed by atoms with E-state index in [0.717, 1.165) is 51.7 Å². The molecule has 0 saturated carbocycles. The maximum absolute atomic E-state index is 11.6. The molecule has 1 rings (SSSR count). The van der Waals surface area contributed by atoms with Crippen LogP contribution in [0.5, 0.6) is 0 Å². The second-order valence-corrected chi connectivity index (χ2v) is 6.11. The highest BCUT2D eigenvalue weighted by Crippen LogP contribution is 2.07. The summed E-state index contributed by atoms with van der Waals surface area (Å²) >= 11 is 0. The van der Waals surface area contributed by atoms with Crippen molar-refractivity contribution in [2.24, 2.45) is 0 Å². The number of aliphatic hydroxyl groups excluding tert-OH is 1. The third-order valence-electron chi connectivity index (χ3n) is 4.04. The molecule has 1 aromatic heterocycles. The topological polar surface area (TPSA) is 71.2 Å². The van der Waals surface area contributed by atoms with Crippen molar-refractivity contribution in [1.29, 1.82) is 0 Å². The lowest BCUT2D eigenvalue weighted by atomic mass is 10.1. The predicted molar refractivity (Wildman–Crippen MR) is 90.8 cm³/mol. The Morgan fingerprint density at radius 1 is 1.13 bits per heavy atom. The molecule has 6 heteroatoms. The lowest BCUT2D eigenvalue weighted by Crippen LogP contribution is -2.30. The van der Waals surface area contributed by atoms with Gasteiger partial charge in [-0.2, -0.15) is 0 Å². The van der Waals surface area contributed by atoms with Gasteiger partial charge in [-0.3, -0.25) is 9.48 Å². The first kappa shape index (κ1) is 19.6. The minimum absolute atomic E-state index is 0.0564. The van der Waals surface area contributed by atoms with E-state index in [0.29, 0.717) is 5.69 Å². The number of unbranched alkanes of at least 4 members (excludes halogenated alkanes) is 6. The van der Waals surface area contributed by atoms with Crippen molar-refractivity contribution in [3.05, 3.63) is 11.9 Å². The van der Waals surface area contributed by atoms with E-state index in [1.165, 1.54) is 19.3 Å². The van der Waals surface area contributed by atoms with Crippen molar-refractivity contribution in [3.63, 3.8) is 0 Å². The second-order valence-electron chi connectivity index (χ2n) is 6.11. The molecule has 1 heterocycles. The summed E-state index contributed by atoms with van der Waals surface area (Å²) in [7, 11) is 0. The van der Waals surface area contributed by atoms with E-state index in [1.54, 1.807) is 17.8 Å². The summed E-state index contributed by atoms with van der Waals surface area (Å²) in [6.07, 6.45) is 11.0. The molecule has 0 radical (unpaired) electrons. The van der Waals surface area contributed by atoms with Gasteiger partial charge in [0.1, 0.15) is 5.69 Å². The standard InChI is InChI=1S/C17H32N4O2/c1-3-4-5-8-11-20(16(2)23)12-9-6-7-10-13-21-14-17(15-22)18-19-21/h14,22H,3-13,15H2,1-2H3. The average molecular weight is 324 g/mol. The van der Waals surface area contributed by atoms with Crippen LogP contribution in [0, 0.1) is 0 Å². The summed E-state index contributed by atoms with van der Waals surface area (Å²) in [5.41, 5.74) is 0.616. The molecule has 1 N–H and O–H groups in total. The first-order valence-corrected chi connectivity index (χ1v) is 8.92. The summed E-state index contributed by atoms with van der Waals surface area (Å²) in [6.45, 7) is 6.42. The SMILES string of the molecule is CCCCCCN(CCCCCCn1cc(CO)nn1)C(C)=O. The second kappa shape index (κ2) is 12.0. The summed E-state index contributed by atoms with van der Waals surface area (Å²) < 4.78 is 1.78. The maximum Gasteiger partial charge on any atom is 0.219 e. The minimum atomic E-state index is -0.0564. The number of rotatable bonds is 13. The van der Waals surface area contributed by atoms with Crippen molar-refractivity contribution in [1.82, 2.24) is 19.9 Å². The van der Waals surface area contributed by atoms with Gasteiger partial charge in [-0.05, 0) is 19.3 Å². The van der Waals surface area contributed by atoms with Gasteiger partial charge in [0, 0.05) is 26.6 Å². The van der Waals surface area contributed by atoms with Gasteiger partial charge in [-0.1, -0.05) is 44.2 Å². The molecule has 0 fully saturated rings. The first-order valence-electron chi connectivity index (χ1n) is 8.92. The molecule has 1 amide bonds. The monoisotopic (exact) mass is 324 g/mol. The Labute approximate surface area is 139 Å². The van der Waals surface area contributed by atoms with Gasteiger partial charge in [0.05, 0.1) is 12.8 Å². The van der Waals surface area contributed by atoms with E-state index in [4.69, 9.17) is 5.11 Å². The highest BCUT2D eigenvalue weighted by Gasteiger charge is 2.07. The molecule has 0 atom stereocenters. The van der Waals surface area contributed by atoms with Crippen molar-refractivity contribution in [2.45, 2.75) is 78.4 Å². The predicted octanol–water partition coefficient (Wildman–Crippen LogP) is 2.76. The molecule has 0 aliphatic carbocycles.